The first-order chi connectivity index (χ1) is 16.0. The van der Waals surface area contributed by atoms with Gasteiger partial charge in [-0.3, -0.25) is 18.9 Å². The van der Waals surface area contributed by atoms with Crippen molar-refractivity contribution in [2.24, 2.45) is 17.8 Å². The number of carbonyl (C=O) groups excluding carboxylic acids is 3. The number of aliphatic hydroxyl groups is 1. The summed E-state index contributed by atoms with van der Waals surface area (Å²) in [6, 6.07) is 5.93. The van der Waals surface area contributed by atoms with E-state index in [0.29, 0.717) is 22.3 Å². The van der Waals surface area contributed by atoms with Crippen LogP contribution < -0.4 is 0 Å². The van der Waals surface area contributed by atoms with Crippen LogP contribution >= 0.6 is 0 Å². The van der Waals surface area contributed by atoms with Crippen molar-refractivity contribution in [3.8, 4) is 5.75 Å². The Morgan fingerprint density at radius 2 is 1.88 bits per heavy atom. The van der Waals surface area contributed by atoms with E-state index in [2.05, 4.69) is 0 Å². The highest BCUT2D eigenvalue weighted by Crippen LogP contribution is 2.49. The minimum Gasteiger partial charge on any atom is -0.508 e. The number of phenolic OH excluding ortho intramolecular Hbond substituents is 1. The number of hydrogen-bond donors (Lipinski definition) is 3. The summed E-state index contributed by atoms with van der Waals surface area (Å²) < 4.78 is 44.0. The predicted molar refractivity (Wildman–Crippen MR) is 116 cm³/mol. The van der Waals surface area contributed by atoms with Gasteiger partial charge >= 0.3 is 11.9 Å². The Hall–Kier alpha value is -3.02. The Balaban J connectivity index is 1.69. The molecule has 0 amide bonds. The van der Waals surface area contributed by atoms with E-state index in [0.717, 1.165) is 0 Å². The Labute approximate surface area is 195 Å². The van der Waals surface area contributed by atoms with Crippen molar-refractivity contribution in [2.75, 3.05) is 12.4 Å². The van der Waals surface area contributed by atoms with Gasteiger partial charge in [-0.05, 0) is 36.3 Å². The minimum atomic E-state index is -4.58. The van der Waals surface area contributed by atoms with Crippen LogP contribution in [0.1, 0.15) is 18.9 Å². The normalized spacial score (nSPS) is 28.7. The number of ether oxygens (including phenoxy) is 2. The fourth-order valence-corrected chi connectivity index (χ4v) is 5.99. The average Bonchev–Trinajstić information content (AvgIpc) is 3.20. The van der Waals surface area contributed by atoms with Gasteiger partial charge in [0.2, 0.25) is 0 Å². The minimum absolute atomic E-state index is 0.0320. The monoisotopic (exact) mass is 492 g/mol. The standard InChI is InChI=1S/C23H24O10S/c1-11-6-17(32-18(27)7-12-2-4-14(25)5-3-12)21-15(10-34(29,30)31)23(28)33-22(21)20-13(9-24)8-16(26)19(11)20/h2-5,8,15,17,20-22,24-25H,6-7,9-10H2,1H3,(H,29,30,31). The van der Waals surface area contributed by atoms with Crippen molar-refractivity contribution in [2.45, 2.75) is 32.0 Å². The molecule has 5 atom stereocenters. The number of esters is 2. The second-order valence-electron chi connectivity index (χ2n) is 8.82. The number of allylic oxidation sites excluding steroid dienone is 1. The molecule has 0 saturated carbocycles. The third-order valence-electron chi connectivity index (χ3n) is 6.56. The van der Waals surface area contributed by atoms with Crippen LogP contribution in [0.15, 0.2) is 47.1 Å². The number of aliphatic hydroxyl groups excluding tert-OH is 1. The summed E-state index contributed by atoms with van der Waals surface area (Å²) in [4.78, 5) is 38.1. The Morgan fingerprint density at radius 3 is 2.50 bits per heavy atom. The van der Waals surface area contributed by atoms with Crippen molar-refractivity contribution >= 4 is 27.8 Å². The topological polar surface area (TPSA) is 164 Å². The van der Waals surface area contributed by atoms with E-state index >= 15 is 0 Å². The molecule has 1 aromatic rings. The molecular formula is C23H24O10S. The molecule has 1 fully saturated rings. The molecule has 0 aromatic heterocycles. The molecule has 4 rings (SSSR count). The van der Waals surface area contributed by atoms with Gasteiger partial charge in [-0.1, -0.05) is 17.7 Å². The van der Waals surface area contributed by atoms with Gasteiger partial charge in [-0.25, -0.2) is 0 Å². The summed E-state index contributed by atoms with van der Waals surface area (Å²) in [7, 11) is -4.58. The van der Waals surface area contributed by atoms with Crippen molar-refractivity contribution in [3.05, 3.63) is 52.6 Å². The lowest BCUT2D eigenvalue weighted by Crippen LogP contribution is -2.41. The Kier molecular flexibility index (Phi) is 6.36. The second-order valence-corrected chi connectivity index (χ2v) is 10.3. The SMILES string of the molecule is CC1=C2C(=O)C=C(CO)C2C2OC(=O)C(CS(=O)(=O)O)C2C(OC(=O)Cc2ccc(O)cc2)C1. The number of rotatable bonds is 6. The van der Waals surface area contributed by atoms with Crippen LogP contribution in [0, 0.1) is 17.8 Å². The summed E-state index contributed by atoms with van der Waals surface area (Å²) in [6.07, 6.45) is -0.889. The number of benzene rings is 1. The van der Waals surface area contributed by atoms with Crippen LogP contribution in [0.5, 0.6) is 5.75 Å². The zero-order valence-electron chi connectivity index (χ0n) is 18.2. The molecule has 0 radical (unpaired) electrons. The highest BCUT2D eigenvalue weighted by molar-refractivity contribution is 7.85. The van der Waals surface area contributed by atoms with Crippen LogP contribution in [-0.4, -0.2) is 65.5 Å². The van der Waals surface area contributed by atoms with Crippen LogP contribution in [-0.2, 0) is 40.4 Å². The van der Waals surface area contributed by atoms with Crippen molar-refractivity contribution in [1.82, 2.24) is 0 Å². The third-order valence-corrected chi connectivity index (χ3v) is 7.34. The van der Waals surface area contributed by atoms with Crippen LogP contribution in [0.2, 0.25) is 0 Å². The van der Waals surface area contributed by atoms with Crippen LogP contribution in [0.25, 0.3) is 0 Å². The highest BCUT2D eigenvalue weighted by atomic mass is 32.2. The number of phenols is 1. The number of fused-ring (bicyclic) bond motifs is 3. The molecule has 1 aromatic carbocycles. The first-order valence-electron chi connectivity index (χ1n) is 10.7. The lowest BCUT2D eigenvalue weighted by atomic mass is 9.79. The number of ketones is 1. The summed E-state index contributed by atoms with van der Waals surface area (Å²) in [5, 5.41) is 19.2. The fourth-order valence-electron chi connectivity index (χ4n) is 5.18. The molecule has 1 heterocycles. The molecule has 11 heteroatoms. The number of hydrogen-bond acceptors (Lipinski definition) is 9. The maximum absolute atomic E-state index is 12.8. The molecule has 34 heavy (non-hydrogen) atoms. The summed E-state index contributed by atoms with van der Waals surface area (Å²) in [6.45, 7) is 1.21. The van der Waals surface area contributed by atoms with Crippen LogP contribution in [0.3, 0.4) is 0 Å². The first kappa shape index (κ1) is 24.1. The summed E-state index contributed by atoms with van der Waals surface area (Å²) in [5.41, 5.74) is 1.80. The molecule has 1 saturated heterocycles. The van der Waals surface area contributed by atoms with E-state index in [1.165, 1.54) is 18.2 Å². The van der Waals surface area contributed by atoms with E-state index in [-0.39, 0.29) is 24.4 Å². The number of carbonyl (C=O) groups is 3. The van der Waals surface area contributed by atoms with Gasteiger partial charge in [0.05, 0.1) is 24.7 Å². The molecule has 3 aliphatic rings. The molecule has 1 aliphatic heterocycles. The molecule has 3 N–H and O–H groups in total. The Bertz CT molecular complexity index is 1190. The van der Waals surface area contributed by atoms with Gasteiger partial charge in [0.15, 0.2) is 5.78 Å². The van der Waals surface area contributed by atoms with E-state index < -0.39 is 64.4 Å². The quantitative estimate of drug-likeness (QED) is 0.381. The number of aromatic hydroxyl groups is 1. The smallest absolute Gasteiger partial charge is 0.310 e. The van der Waals surface area contributed by atoms with Gasteiger partial charge < -0.3 is 19.7 Å². The van der Waals surface area contributed by atoms with Gasteiger partial charge in [0.25, 0.3) is 10.1 Å². The zero-order valence-corrected chi connectivity index (χ0v) is 19.0. The van der Waals surface area contributed by atoms with Gasteiger partial charge in [-0.15, -0.1) is 0 Å². The van der Waals surface area contributed by atoms with E-state index in [9.17, 15) is 37.6 Å². The van der Waals surface area contributed by atoms with Crippen LogP contribution in [0.4, 0.5) is 0 Å². The van der Waals surface area contributed by atoms with Gasteiger partial charge in [0, 0.05) is 23.8 Å². The van der Waals surface area contributed by atoms with E-state index in [1.807, 2.05) is 0 Å². The first-order valence-corrected chi connectivity index (χ1v) is 12.3. The van der Waals surface area contributed by atoms with E-state index in [1.54, 1.807) is 19.1 Å². The van der Waals surface area contributed by atoms with E-state index in [4.69, 9.17) is 9.47 Å². The van der Waals surface area contributed by atoms with Crippen molar-refractivity contribution < 1.29 is 47.0 Å². The van der Waals surface area contributed by atoms with Crippen molar-refractivity contribution in [3.63, 3.8) is 0 Å². The zero-order chi connectivity index (χ0) is 24.8. The maximum Gasteiger partial charge on any atom is 0.310 e. The third kappa shape index (κ3) is 4.63. The molecule has 2 aliphatic carbocycles. The molecule has 182 valence electrons. The molecule has 5 unspecified atom stereocenters. The maximum atomic E-state index is 12.8. The predicted octanol–water partition coefficient (Wildman–Crippen LogP) is 0.730. The van der Waals surface area contributed by atoms with Gasteiger partial charge in [0.1, 0.15) is 18.0 Å². The highest BCUT2D eigenvalue weighted by Gasteiger charge is 2.58. The van der Waals surface area contributed by atoms with Crippen molar-refractivity contribution in [1.29, 1.82) is 0 Å². The summed E-state index contributed by atoms with van der Waals surface area (Å²) >= 11 is 0. The lowest BCUT2D eigenvalue weighted by molar-refractivity contribution is -0.152. The summed E-state index contributed by atoms with van der Waals surface area (Å²) in [5.74, 6) is -5.88. The molecular weight excluding hydrogens is 468 g/mol. The fraction of sp³-hybridized carbons (Fsp3) is 0.435. The van der Waals surface area contributed by atoms with Gasteiger partial charge in [-0.2, -0.15) is 8.42 Å². The average molecular weight is 493 g/mol. The molecule has 0 bridgehead atoms. The lowest BCUT2D eigenvalue weighted by Gasteiger charge is -2.30. The largest absolute Gasteiger partial charge is 0.508 e. The molecule has 0 spiro atoms. The molecule has 10 nitrogen and oxygen atoms in total. The Morgan fingerprint density at radius 1 is 1.21 bits per heavy atom. The second kappa shape index (κ2) is 8.97.